The lowest BCUT2D eigenvalue weighted by molar-refractivity contribution is 0.119. The van der Waals surface area contributed by atoms with Crippen LogP contribution in [0.25, 0.3) is 0 Å². The minimum absolute atomic E-state index is 0.320. The summed E-state index contributed by atoms with van der Waals surface area (Å²) in [7, 11) is 1.92. The van der Waals surface area contributed by atoms with E-state index in [4.69, 9.17) is 10.5 Å². The molecule has 1 aromatic rings. The van der Waals surface area contributed by atoms with Gasteiger partial charge in [-0.05, 0) is 12.1 Å². The molecule has 0 saturated carbocycles. The maximum absolute atomic E-state index is 9.50. The van der Waals surface area contributed by atoms with Crippen molar-refractivity contribution >= 4 is 11.4 Å². The molecule has 0 aliphatic carbocycles. The number of anilines is 2. The smallest absolute Gasteiger partial charge is 0.144 e. The van der Waals surface area contributed by atoms with Gasteiger partial charge in [0.15, 0.2) is 0 Å². The molecule has 1 heterocycles. The lowest BCUT2D eigenvalue weighted by atomic mass is 10.2. The van der Waals surface area contributed by atoms with Crippen LogP contribution in [0.4, 0.5) is 11.4 Å². The third-order valence-corrected chi connectivity index (χ3v) is 2.31. The average Bonchev–Trinajstić information content (AvgIpc) is 2.26. The van der Waals surface area contributed by atoms with E-state index in [-0.39, 0.29) is 0 Å². The second-order valence-electron chi connectivity index (χ2n) is 3.57. The number of rotatable bonds is 0. The molecule has 4 heteroatoms. The van der Waals surface area contributed by atoms with E-state index >= 15 is 0 Å². The lowest BCUT2D eigenvalue weighted by Gasteiger charge is -2.18. The first-order valence-corrected chi connectivity index (χ1v) is 4.58. The molecule has 76 valence electrons. The normalized spacial score (nSPS) is 21.0. The van der Waals surface area contributed by atoms with Gasteiger partial charge in [-0.2, -0.15) is 0 Å². The first-order valence-electron chi connectivity index (χ1n) is 4.58. The molecule has 1 atom stereocenters. The predicted molar refractivity (Wildman–Crippen MR) is 55.6 cm³/mol. The number of aliphatic hydroxyl groups excluding tert-OH is 1. The molecule has 1 aliphatic rings. The van der Waals surface area contributed by atoms with E-state index in [2.05, 4.69) is 0 Å². The van der Waals surface area contributed by atoms with Crippen molar-refractivity contribution in [3.8, 4) is 5.75 Å². The quantitative estimate of drug-likeness (QED) is 0.589. The zero-order valence-electron chi connectivity index (χ0n) is 8.10. The summed E-state index contributed by atoms with van der Waals surface area (Å²) in [4.78, 5) is 1.96. The second kappa shape index (κ2) is 3.38. The molecule has 3 N–H and O–H groups in total. The van der Waals surface area contributed by atoms with Gasteiger partial charge < -0.3 is 20.5 Å². The standard InChI is InChI=1S/C10H14N2O2/c1-12-5-8(13)6-14-10-4-7(11)2-3-9(10)12/h2-4,8,13H,5-6,11H2,1H3. The van der Waals surface area contributed by atoms with Crippen molar-refractivity contribution in [2.45, 2.75) is 6.10 Å². The second-order valence-corrected chi connectivity index (χ2v) is 3.57. The van der Waals surface area contributed by atoms with Crippen LogP contribution in [0.3, 0.4) is 0 Å². The number of hydrogen-bond acceptors (Lipinski definition) is 4. The van der Waals surface area contributed by atoms with Crippen molar-refractivity contribution < 1.29 is 9.84 Å². The van der Waals surface area contributed by atoms with Gasteiger partial charge >= 0.3 is 0 Å². The van der Waals surface area contributed by atoms with Crippen LogP contribution >= 0.6 is 0 Å². The van der Waals surface area contributed by atoms with Gasteiger partial charge in [-0.15, -0.1) is 0 Å². The van der Waals surface area contributed by atoms with Crippen molar-refractivity contribution in [3.05, 3.63) is 18.2 Å². The van der Waals surface area contributed by atoms with Gasteiger partial charge in [0.1, 0.15) is 18.5 Å². The third-order valence-electron chi connectivity index (χ3n) is 2.31. The number of hydrogen-bond donors (Lipinski definition) is 2. The number of β-amino-alcohol motifs (C(OH)–C–C–N with tert-alkyl or cyclic N) is 1. The number of nitrogen functional groups attached to an aromatic ring is 1. The fourth-order valence-electron chi connectivity index (χ4n) is 1.61. The minimum Gasteiger partial charge on any atom is -0.489 e. The molecule has 0 amide bonds. The SMILES string of the molecule is CN1CC(O)COc2cc(N)ccc21. The molecule has 1 aliphatic heterocycles. The summed E-state index contributed by atoms with van der Waals surface area (Å²) in [5.41, 5.74) is 7.29. The monoisotopic (exact) mass is 194 g/mol. The minimum atomic E-state index is -0.450. The Hall–Kier alpha value is -1.42. The Balaban J connectivity index is 2.38. The Morgan fingerprint density at radius 3 is 3.14 bits per heavy atom. The molecule has 0 spiro atoms. The number of nitrogens with two attached hydrogens (primary N) is 1. The van der Waals surface area contributed by atoms with Crippen LogP contribution in [0.1, 0.15) is 0 Å². The van der Waals surface area contributed by atoms with Crippen molar-refractivity contribution in [1.29, 1.82) is 0 Å². The van der Waals surface area contributed by atoms with Crippen molar-refractivity contribution in [2.75, 3.05) is 30.8 Å². The van der Waals surface area contributed by atoms with Crippen LogP contribution in [0.15, 0.2) is 18.2 Å². The van der Waals surface area contributed by atoms with Crippen LogP contribution < -0.4 is 15.4 Å². The molecule has 14 heavy (non-hydrogen) atoms. The van der Waals surface area contributed by atoms with E-state index in [0.29, 0.717) is 18.8 Å². The maximum Gasteiger partial charge on any atom is 0.144 e. The highest BCUT2D eigenvalue weighted by Gasteiger charge is 2.18. The Bertz CT molecular complexity index is 341. The zero-order chi connectivity index (χ0) is 10.1. The zero-order valence-corrected chi connectivity index (χ0v) is 8.10. The molecular formula is C10H14N2O2. The van der Waals surface area contributed by atoms with Gasteiger partial charge in [0.05, 0.1) is 5.69 Å². The van der Waals surface area contributed by atoms with Gasteiger partial charge in [0.2, 0.25) is 0 Å². The van der Waals surface area contributed by atoms with Crippen molar-refractivity contribution in [3.63, 3.8) is 0 Å². The van der Waals surface area contributed by atoms with E-state index in [0.717, 1.165) is 11.4 Å². The predicted octanol–water partition coefficient (Wildman–Crippen LogP) is 0.458. The Morgan fingerprint density at radius 1 is 1.57 bits per heavy atom. The van der Waals surface area contributed by atoms with Gasteiger partial charge in [0, 0.05) is 25.3 Å². The summed E-state index contributed by atoms with van der Waals surface area (Å²) in [5.74, 6) is 0.740. The molecule has 0 radical (unpaired) electrons. The summed E-state index contributed by atoms with van der Waals surface area (Å²) >= 11 is 0. The van der Waals surface area contributed by atoms with Crippen LogP contribution in [-0.4, -0.2) is 31.4 Å². The molecule has 0 bridgehead atoms. The van der Waals surface area contributed by atoms with Crippen molar-refractivity contribution in [2.24, 2.45) is 0 Å². The molecule has 0 saturated heterocycles. The Kier molecular flexibility index (Phi) is 2.21. The van der Waals surface area contributed by atoms with Gasteiger partial charge in [-0.3, -0.25) is 0 Å². The number of likely N-dealkylation sites (N-methyl/N-ethyl adjacent to an activating group) is 1. The molecule has 2 rings (SSSR count). The van der Waals surface area contributed by atoms with E-state index < -0.39 is 6.10 Å². The number of benzene rings is 1. The van der Waals surface area contributed by atoms with Gasteiger partial charge in [0.25, 0.3) is 0 Å². The molecule has 0 fully saturated rings. The number of aliphatic hydroxyl groups is 1. The summed E-state index contributed by atoms with van der Waals surface area (Å²) in [5, 5.41) is 9.50. The van der Waals surface area contributed by atoms with E-state index in [1.54, 1.807) is 6.07 Å². The number of ether oxygens (including phenoxy) is 1. The highest BCUT2D eigenvalue weighted by Crippen LogP contribution is 2.31. The molecular weight excluding hydrogens is 180 g/mol. The molecule has 1 aromatic carbocycles. The summed E-state index contributed by atoms with van der Waals surface area (Å²) in [6.07, 6.45) is -0.450. The summed E-state index contributed by atoms with van der Waals surface area (Å²) in [6.45, 7) is 0.901. The highest BCUT2D eigenvalue weighted by molar-refractivity contribution is 5.64. The van der Waals surface area contributed by atoms with Crippen LogP contribution in [0.5, 0.6) is 5.75 Å². The Morgan fingerprint density at radius 2 is 2.36 bits per heavy atom. The number of fused-ring (bicyclic) bond motifs is 1. The maximum atomic E-state index is 9.50. The summed E-state index contributed by atoms with van der Waals surface area (Å²) in [6, 6.07) is 5.52. The molecule has 0 aromatic heterocycles. The summed E-state index contributed by atoms with van der Waals surface area (Å²) < 4.78 is 5.44. The van der Waals surface area contributed by atoms with Crippen LogP contribution in [-0.2, 0) is 0 Å². The topological polar surface area (TPSA) is 58.7 Å². The van der Waals surface area contributed by atoms with Gasteiger partial charge in [-0.1, -0.05) is 0 Å². The molecule has 4 nitrogen and oxygen atoms in total. The average molecular weight is 194 g/mol. The fourth-order valence-corrected chi connectivity index (χ4v) is 1.61. The van der Waals surface area contributed by atoms with E-state index in [1.165, 1.54) is 0 Å². The number of nitrogens with zero attached hydrogens (tertiary/aromatic N) is 1. The van der Waals surface area contributed by atoms with Crippen molar-refractivity contribution in [1.82, 2.24) is 0 Å². The third kappa shape index (κ3) is 1.61. The lowest BCUT2D eigenvalue weighted by Crippen LogP contribution is -2.29. The van der Waals surface area contributed by atoms with E-state index in [1.807, 2.05) is 24.1 Å². The largest absolute Gasteiger partial charge is 0.489 e. The van der Waals surface area contributed by atoms with E-state index in [9.17, 15) is 5.11 Å². The van der Waals surface area contributed by atoms with Gasteiger partial charge in [-0.25, -0.2) is 0 Å². The van der Waals surface area contributed by atoms with Crippen LogP contribution in [0.2, 0.25) is 0 Å². The highest BCUT2D eigenvalue weighted by atomic mass is 16.5. The first kappa shape index (κ1) is 9.15. The fraction of sp³-hybridized carbons (Fsp3) is 0.400. The Labute approximate surface area is 82.9 Å². The van der Waals surface area contributed by atoms with Crippen LogP contribution in [0, 0.1) is 0 Å². The first-order chi connectivity index (χ1) is 6.66. The molecule has 1 unspecified atom stereocenters.